The smallest absolute Gasteiger partial charge is 0.306 e. The average Bonchev–Trinajstić information content (AvgIpc) is 2.36. The van der Waals surface area contributed by atoms with Crippen LogP contribution in [0.4, 0.5) is 0 Å². The second-order valence-electron chi connectivity index (χ2n) is 4.60. The lowest BCUT2D eigenvalue weighted by molar-refractivity contribution is -0.140. The predicted molar refractivity (Wildman–Crippen MR) is 68.7 cm³/mol. The van der Waals surface area contributed by atoms with Crippen molar-refractivity contribution >= 4 is 16.0 Å². The molecule has 0 aromatic heterocycles. The topological polar surface area (TPSA) is 84.5 Å². The number of carbonyl (C=O) groups is 1. The maximum absolute atomic E-state index is 11.7. The van der Waals surface area contributed by atoms with E-state index in [4.69, 9.17) is 0 Å². The Balaban J connectivity index is 2.35. The van der Waals surface area contributed by atoms with Gasteiger partial charge in [-0.25, -0.2) is 13.1 Å². The number of esters is 1. The van der Waals surface area contributed by atoms with Gasteiger partial charge in [0.1, 0.15) is 0 Å². The summed E-state index contributed by atoms with van der Waals surface area (Å²) in [6.07, 6.45) is 3.52. The van der Waals surface area contributed by atoms with E-state index in [0.29, 0.717) is 6.04 Å². The Labute approximate surface area is 109 Å². The summed E-state index contributed by atoms with van der Waals surface area (Å²) in [7, 11) is -0.208. The molecule has 0 saturated heterocycles. The van der Waals surface area contributed by atoms with Crippen molar-refractivity contribution in [3.63, 3.8) is 0 Å². The van der Waals surface area contributed by atoms with Gasteiger partial charge in [0.15, 0.2) is 0 Å². The van der Waals surface area contributed by atoms with Gasteiger partial charge in [-0.1, -0.05) is 0 Å². The fraction of sp³-hybridized carbons (Fsp3) is 0.909. The molecule has 6 nitrogen and oxygen atoms in total. The van der Waals surface area contributed by atoms with E-state index < -0.39 is 16.0 Å². The van der Waals surface area contributed by atoms with E-state index in [1.54, 1.807) is 0 Å². The van der Waals surface area contributed by atoms with E-state index in [-0.39, 0.29) is 18.2 Å². The van der Waals surface area contributed by atoms with Gasteiger partial charge < -0.3 is 10.1 Å². The maximum atomic E-state index is 11.7. The molecule has 0 spiro atoms. The normalized spacial score (nSPS) is 24.8. The van der Waals surface area contributed by atoms with Crippen molar-refractivity contribution in [2.75, 3.05) is 19.9 Å². The van der Waals surface area contributed by atoms with Crippen molar-refractivity contribution < 1.29 is 17.9 Å². The third-order valence-electron chi connectivity index (χ3n) is 3.28. The van der Waals surface area contributed by atoms with Crippen LogP contribution in [0.1, 0.15) is 32.1 Å². The summed E-state index contributed by atoms with van der Waals surface area (Å²) in [6.45, 7) is 0. The minimum atomic E-state index is -3.38. The first-order valence-corrected chi connectivity index (χ1v) is 7.86. The zero-order valence-corrected chi connectivity index (χ0v) is 11.8. The van der Waals surface area contributed by atoms with Crippen molar-refractivity contribution in [2.45, 2.75) is 44.2 Å². The lowest BCUT2D eigenvalue weighted by Gasteiger charge is -2.28. The molecular formula is C11H22N2O4S. The zero-order chi connectivity index (χ0) is 13.6. The number of carbonyl (C=O) groups excluding carboxylic acids is 1. The Hall–Kier alpha value is -0.660. The molecule has 0 atom stereocenters. The summed E-state index contributed by atoms with van der Waals surface area (Å²) in [6, 6.07) is 0.484. The van der Waals surface area contributed by atoms with E-state index in [1.807, 2.05) is 7.05 Å². The van der Waals surface area contributed by atoms with Crippen LogP contribution in [0, 0.1) is 0 Å². The summed E-state index contributed by atoms with van der Waals surface area (Å²) >= 11 is 0. The number of methoxy groups -OCH3 is 1. The Kier molecular flexibility index (Phi) is 6.04. The minimum Gasteiger partial charge on any atom is -0.469 e. The second-order valence-corrected chi connectivity index (χ2v) is 6.47. The molecule has 0 bridgehead atoms. The van der Waals surface area contributed by atoms with Crippen LogP contribution in [0.15, 0.2) is 0 Å². The van der Waals surface area contributed by atoms with Gasteiger partial charge in [-0.15, -0.1) is 0 Å². The molecule has 1 fully saturated rings. The van der Waals surface area contributed by atoms with Crippen LogP contribution in [0.3, 0.4) is 0 Å². The SMILES string of the molecule is CNC1CCC(NS(=O)(=O)CCC(=O)OC)CC1. The van der Waals surface area contributed by atoms with Crippen LogP contribution >= 0.6 is 0 Å². The monoisotopic (exact) mass is 278 g/mol. The third-order valence-corrected chi connectivity index (χ3v) is 4.72. The maximum Gasteiger partial charge on any atom is 0.306 e. The van der Waals surface area contributed by atoms with Crippen molar-refractivity contribution in [1.29, 1.82) is 0 Å². The largest absolute Gasteiger partial charge is 0.469 e. The van der Waals surface area contributed by atoms with Crippen LogP contribution < -0.4 is 10.0 Å². The molecule has 0 aliphatic heterocycles. The third kappa shape index (κ3) is 5.32. The molecule has 7 heteroatoms. The summed E-state index contributed by atoms with van der Waals surface area (Å²) in [5.41, 5.74) is 0. The molecule has 106 valence electrons. The predicted octanol–water partition coefficient (Wildman–Crippen LogP) is -0.000500. The average molecular weight is 278 g/mol. The van der Waals surface area contributed by atoms with E-state index in [1.165, 1.54) is 7.11 Å². The van der Waals surface area contributed by atoms with Gasteiger partial charge in [-0.3, -0.25) is 4.79 Å². The van der Waals surface area contributed by atoms with Crippen molar-refractivity contribution in [2.24, 2.45) is 0 Å². The van der Waals surface area contributed by atoms with Crippen molar-refractivity contribution in [1.82, 2.24) is 10.0 Å². The Bertz CT molecular complexity index is 361. The number of sulfonamides is 1. The summed E-state index contributed by atoms with van der Waals surface area (Å²) in [5, 5.41) is 3.20. The molecule has 0 amide bonds. The Morgan fingerprint density at radius 3 is 2.28 bits per heavy atom. The van der Waals surface area contributed by atoms with E-state index in [9.17, 15) is 13.2 Å². The fourth-order valence-electron chi connectivity index (χ4n) is 2.13. The molecule has 0 heterocycles. The van der Waals surface area contributed by atoms with Gasteiger partial charge in [0.25, 0.3) is 0 Å². The molecular weight excluding hydrogens is 256 g/mol. The van der Waals surface area contributed by atoms with Crippen LogP contribution in [-0.2, 0) is 19.6 Å². The van der Waals surface area contributed by atoms with Gasteiger partial charge in [0.05, 0.1) is 19.3 Å². The number of nitrogens with one attached hydrogen (secondary N) is 2. The first-order valence-electron chi connectivity index (χ1n) is 6.21. The highest BCUT2D eigenvalue weighted by Gasteiger charge is 2.24. The van der Waals surface area contributed by atoms with Gasteiger partial charge >= 0.3 is 5.97 Å². The molecule has 0 radical (unpaired) electrons. The van der Waals surface area contributed by atoms with Gasteiger partial charge in [0, 0.05) is 12.1 Å². The van der Waals surface area contributed by atoms with Crippen molar-refractivity contribution in [3.8, 4) is 0 Å². The minimum absolute atomic E-state index is 0.00255. The first-order chi connectivity index (χ1) is 8.46. The molecule has 18 heavy (non-hydrogen) atoms. The number of hydrogen-bond acceptors (Lipinski definition) is 5. The molecule has 0 aromatic carbocycles. The summed E-state index contributed by atoms with van der Waals surface area (Å²) in [5.74, 6) is -0.703. The van der Waals surface area contributed by atoms with Gasteiger partial charge in [-0.2, -0.15) is 0 Å². The number of ether oxygens (including phenoxy) is 1. The lowest BCUT2D eigenvalue weighted by Crippen LogP contribution is -2.42. The molecule has 1 saturated carbocycles. The highest BCUT2D eigenvalue weighted by Crippen LogP contribution is 2.19. The van der Waals surface area contributed by atoms with E-state index >= 15 is 0 Å². The molecule has 1 aliphatic carbocycles. The zero-order valence-electron chi connectivity index (χ0n) is 10.9. The highest BCUT2D eigenvalue weighted by atomic mass is 32.2. The first kappa shape index (κ1) is 15.4. The standard InChI is InChI=1S/C11H22N2O4S/c1-12-9-3-5-10(6-4-9)13-18(15,16)8-7-11(14)17-2/h9-10,12-13H,3-8H2,1-2H3. The van der Waals surface area contributed by atoms with E-state index in [0.717, 1.165) is 25.7 Å². The van der Waals surface area contributed by atoms with Gasteiger partial charge in [-0.05, 0) is 32.7 Å². The molecule has 1 aliphatic rings. The summed E-state index contributed by atoms with van der Waals surface area (Å²) < 4.78 is 30.6. The van der Waals surface area contributed by atoms with Crippen molar-refractivity contribution in [3.05, 3.63) is 0 Å². The molecule has 2 N–H and O–H groups in total. The fourth-order valence-corrected chi connectivity index (χ4v) is 3.43. The van der Waals surface area contributed by atoms with Gasteiger partial charge in [0.2, 0.25) is 10.0 Å². The van der Waals surface area contributed by atoms with Crippen LogP contribution in [0.5, 0.6) is 0 Å². The van der Waals surface area contributed by atoms with Crippen LogP contribution in [0.2, 0.25) is 0 Å². The Morgan fingerprint density at radius 2 is 1.78 bits per heavy atom. The number of hydrogen-bond donors (Lipinski definition) is 2. The summed E-state index contributed by atoms with van der Waals surface area (Å²) in [4.78, 5) is 10.9. The van der Waals surface area contributed by atoms with E-state index in [2.05, 4.69) is 14.8 Å². The highest BCUT2D eigenvalue weighted by molar-refractivity contribution is 7.89. The lowest BCUT2D eigenvalue weighted by atomic mass is 9.92. The molecule has 0 aromatic rings. The van der Waals surface area contributed by atoms with Crippen LogP contribution in [-0.4, -0.2) is 46.4 Å². The second kappa shape index (κ2) is 7.06. The Morgan fingerprint density at radius 1 is 1.22 bits per heavy atom. The number of rotatable bonds is 6. The van der Waals surface area contributed by atoms with Crippen LogP contribution in [0.25, 0.3) is 0 Å². The molecule has 0 unspecified atom stereocenters. The quantitative estimate of drug-likeness (QED) is 0.668. The molecule has 1 rings (SSSR count).